The van der Waals surface area contributed by atoms with Gasteiger partial charge in [-0.25, -0.2) is 0 Å². The highest BCUT2D eigenvalue weighted by molar-refractivity contribution is 5.95. The quantitative estimate of drug-likeness (QED) is 0.330. The summed E-state index contributed by atoms with van der Waals surface area (Å²) in [4.78, 5) is 52.2. The minimum Gasteiger partial charge on any atom is -0.460 e. The average molecular weight is 561 g/mol. The molecule has 4 aliphatic rings. The van der Waals surface area contributed by atoms with Crippen LogP contribution in [0.4, 0.5) is 0 Å². The molecule has 224 valence electrons. The second-order valence-electron chi connectivity index (χ2n) is 15.1. The maximum Gasteiger partial charge on any atom is 0.303 e. The lowest BCUT2D eigenvalue weighted by atomic mass is 9.38. The van der Waals surface area contributed by atoms with Crippen molar-refractivity contribution in [3.8, 4) is 0 Å². The monoisotopic (exact) mass is 560 g/mol. The van der Waals surface area contributed by atoms with Gasteiger partial charge in [0.15, 0.2) is 11.6 Å². The van der Waals surface area contributed by atoms with Gasteiger partial charge in [-0.05, 0) is 83.0 Å². The van der Waals surface area contributed by atoms with Crippen molar-refractivity contribution in [1.82, 2.24) is 0 Å². The van der Waals surface area contributed by atoms with Gasteiger partial charge in [0.25, 0.3) is 0 Å². The summed E-state index contributed by atoms with van der Waals surface area (Å²) in [6.07, 6.45) is 1.23. The Morgan fingerprint density at radius 2 is 1.65 bits per heavy atom. The van der Waals surface area contributed by atoms with Crippen molar-refractivity contribution in [3.05, 3.63) is 11.6 Å². The fourth-order valence-corrected chi connectivity index (χ4v) is 9.68. The number of aliphatic hydroxyl groups is 3. The molecule has 0 heterocycles. The molecule has 0 aromatic carbocycles. The summed E-state index contributed by atoms with van der Waals surface area (Å²) in [5, 5.41) is 34.1. The highest BCUT2D eigenvalue weighted by Crippen LogP contribution is 2.74. The molecule has 0 aromatic heterocycles. The van der Waals surface area contributed by atoms with E-state index < -0.39 is 62.7 Å². The molecule has 40 heavy (non-hydrogen) atoms. The first-order valence-electron chi connectivity index (χ1n) is 14.7. The van der Waals surface area contributed by atoms with Gasteiger partial charge in [0, 0.05) is 36.5 Å². The second-order valence-corrected chi connectivity index (χ2v) is 15.1. The number of ketones is 3. The number of fused-ring (bicyclic) bond motifs is 5. The lowest BCUT2D eigenvalue weighted by molar-refractivity contribution is -0.185. The number of Topliss-reactive ketones (excluding diaryl/α,β-unsaturated/α-hetero) is 3. The van der Waals surface area contributed by atoms with E-state index in [0.29, 0.717) is 12.8 Å². The minimum absolute atomic E-state index is 0.0104. The Morgan fingerprint density at radius 1 is 1.05 bits per heavy atom. The van der Waals surface area contributed by atoms with Gasteiger partial charge in [0.2, 0.25) is 0 Å². The van der Waals surface area contributed by atoms with E-state index in [9.17, 15) is 34.5 Å². The number of hydrogen-bond donors (Lipinski definition) is 3. The maximum absolute atomic E-state index is 14.3. The van der Waals surface area contributed by atoms with E-state index in [1.54, 1.807) is 13.8 Å². The zero-order chi connectivity index (χ0) is 30.4. The molecule has 0 spiro atoms. The lowest BCUT2D eigenvalue weighted by Crippen LogP contribution is -2.65. The molecule has 3 N–H and O–H groups in total. The summed E-state index contributed by atoms with van der Waals surface area (Å²) in [5.41, 5.74) is -5.07. The van der Waals surface area contributed by atoms with E-state index >= 15 is 0 Å². The molecule has 4 rings (SSSR count). The van der Waals surface area contributed by atoms with Crippen molar-refractivity contribution in [2.75, 3.05) is 0 Å². The van der Waals surface area contributed by atoms with Crippen molar-refractivity contribution >= 4 is 23.3 Å². The Balaban J connectivity index is 1.70. The van der Waals surface area contributed by atoms with Gasteiger partial charge in [-0.3, -0.25) is 19.2 Å². The van der Waals surface area contributed by atoms with Crippen LogP contribution in [0.2, 0.25) is 0 Å². The van der Waals surface area contributed by atoms with Crippen LogP contribution in [0.3, 0.4) is 0 Å². The molecule has 8 nitrogen and oxygen atoms in total. The summed E-state index contributed by atoms with van der Waals surface area (Å²) >= 11 is 0. The highest BCUT2D eigenvalue weighted by Gasteiger charge is 2.74. The molecule has 3 saturated carbocycles. The van der Waals surface area contributed by atoms with Gasteiger partial charge in [0.1, 0.15) is 23.1 Å². The van der Waals surface area contributed by atoms with Crippen molar-refractivity contribution in [1.29, 1.82) is 0 Å². The van der Waals surface area contributed by atoms with Gasteiger partial charge < -0.3 is 20.1 Å². The maximum atomic E-state index is 14.3. The molecule has 8 heteroatoms. The number of esters is 1. The van der Waals surface area contributed by atoms with E-state index in [0.717, 1.165) is 5.57 Å². The van der Waals surface area contributed by atoms with Crippen molar-refractivity contribution < 1.29 is 39.2 Å². The fourth-order valence-electron chi connectivity index (χ4n) is 9.68. The van der Waals surface area contributed by atoms with E-state index in [1.165, 1.54) is 13.8 Å². The average Bonchev–Trinajstić information content (AvgIpc) is 3.01. The number of carbonyl (C=O) groups excluding carboxylic acids is 4. The molecule has 3 fully saturated rings. The summed E-state index contributed by atoms with van der Waals surface area (Å²) in [5.74, 6) is -2.52. The fraction of sp³-hybridized carbons (Fsp3) is 0.812. The van der Waals surface area contributed by atoms with Gasteiger partial charge in [-0.15, -0.1) is 0 Å². The normalized spacial score (nSPS) is 42.2. The molecule has 0 unspecified atom stereocenters. The topological polar surface area (TPSA) is 138 Å². The highest BCUT2D eigenvalue weighted by atomic mass is 16.6. The smallest absolute Gasteiger partial charge is 0.303 e. The van der Waals surface area contributed by atoms with Gasteiger partial charge in [0.05, 0.1) is 6.10 Å². The van der Waals surface area contributed by atoms with Gasteiger partial charge >= 0.3 is 5.97 Å². The first kappa shape index (κ1) is 31.0. The summed E-state index contributed by atoms with van der Waals surface area (Å²) in [6, 6.07) is 0. The molecule has 4 aliphatic carbocycles. The molecule has 0 bridgehead atoms. The minimum atomic E-state index is -1.91. The first-order chi connectivity index (χ1) is 18.1. The lowest BCUT2D eigenvalue weighted by Gasteiger charge is -2.64. The Bertz CT molecular complexity index is 1160. The van der Waals surface area contributed by atoms with E-state index in [-0.39, 0.29) is 49.1 Å². The summed E-state index contributed by atoms with van der Waals surface area (Å²) in [6.45, 7) is 15.8. The largest absolute Gasteiger partial charge is 0.460 e. The number of rotatable bonds is 6. The molecule has 9 atom stereocenters. The number of ether oxygens (including phenoxy) is 1. The Kier molecular flexibility index (Phi) is 7.22. The van der Waals surface area contributed by atoms with E-state index in [4.69, 9.17) is 4.74 Å². The van der Waals surface area contributed by atoms with Crippen LogP contribution in [0.5, 0.6) is 0 Å². The number of aliphatic hydroxyl groups excluding tert-OH is 2. The first-order valence-corrected chi connectivity index (χ1v) is 14.7. The molecule has 0 amide bonds. The van der Waals surface area contributed by atoms with Crippen LogP contribution in [0, 0.1) is 39.4 Å². The number of carbonyl (C=O) groups is 4. The van der Waals surface area contributed by atoms with Crippen molar-refractivity contribution in [2.45, 2.75) is 124 Å². The summed E-state index contributed by atoms with van der Waals surface area (Å²) in [7, 11) is 0. The zero-order valence-electron chi connectivity index (χ0n) is 25.6. The van der Waals surface area contributed by atoms with Crippen molar-refractivity contribution in [3.63, 3.8) is 0 Å². The van der Waals surface area contributed by atoms with Gasteiger partial charge in [-0.1, -0.05) is 32.4 Å². The molecule has 0 radical (unpaired) electrons. The third kappa shape index (κ3) is 4.18. The van der Waals surface area contributed by atoms with Crippen LogP contribution in [-0.2, 0) is 23.9 Å². The Labute approximate surface area is 237 Å². The Morgan fingerprint density at radius 3 is 2.23 bits per heavy atom. The van der Waals surface area contributed by atoms with Crippen LogP contribution in [-0.4, -0.2) is 62.0 Å². The molecule has 0 saturated heterocycles. The van der Waals surface area contributed by atoms with Crippen LogP contribution >= 0.6 is 0 Å². The van der Waals surface area contributed by atoms with Crippen LogP contribution in [0.1, 0.15) is 101 Å². The predicted molar refractivity (Wildman–Crippen MR) is 148 cm³/mol. The van der Waals surface area contributed by atoms with Crippen LogP contribution in [0.25, 0.3) is 0 Å². The van der Waals surface area contributed by atoms with Gasteiger partial charge in [-0.2, -0.15) is 0 Å². The number of hydrogen-bond acceptors (Lipinski definition) is 8. The van der Waals surface area contributed by atoms with Crippen LogP contribution < -0.4 is 0 Å². The van der Waals surface area contributed by atoms with Crippen molar-refractivity contribution in [2.24, 2.45) is 39.4 Å². The second kappa shape index (κ2) is 9.30. The Hall–Kier alpha value is -1.90. The van der Waals surface area contributed by atoms with E-state index in [2.05, 4.69) is 13.0 Å². The third-order valence-corrected chi connectivity index (χ3v) is 11.9. The molecular weight excluding hydrogens is 512 g/mol. The SMILES string of the molecule is CC(=O)OC(C)(C)CCC(=O)[C@@](C)(O)[C@@H]1[C@@H](O)C[C@]2(C)[C@H]3CC=C4[C@H](C[C@@H](O)C(=O)C4(C)C)[C@@]3(C)C(=O)C[C@@]12C. The standard InChI is InChI=1S/C32H48O8/c1-17(33)40-27(2,3)13-12-23(36)32(9,39)25-21(35)15-29(6)22-11-10-18-19(14-20(34)26(38)28(18,4)5)31(22,8)24(37)16-30(25,29)7/h10,19-22,25,34-35,39H,11-16H2,1-9H3/t19-,20+,21-,22+,25+,29+,30-,31+,32+/m0/s1. The van der Waals surface area contributed by atoms with Crippen LogP contribution in [0.15, 0.2) is 11.6 Å². The summed E-state index contributed by atoms with van der Waals surface area (Å²) < 4.78 is 5.31. The predicted octanol–water partition coefficient (Wildman–Crippen LogP) is 3.72. The molecule has 0 aromatic rings. The van der Waals surface area contributed by atoms with E-state index in [1.807, 2.05) is 27.7 Å². The third-order valence-electron chi connectivity index (χ3n) is 11.9. The number of allylic oxidation sites excluding steroid dienone is 2. The zero-order valence-corrected chi connectivity index (χ0v) is 25.6. The molecular formula is C32H48O8. The molecule has 0 aliphatic heterocycles.